The molecule has 1 saturated heterocycles. The zero-order chi connectivity index (χ0) is 19.4. The van der Waals surface area contributed by atoms with Gasteiger partial charge in [0.25, 0.3) is 5.91 Å². The third-order valence-electron chi connectivity index (χ3n) is 4.90. The van der Waals surface area contributed by atoms with E-state index in [0.717, 1.165) is 18.4 Å². The molecule has 1 fully saturated rings. The van der Waals surface area contributed by atoms with Crippen LogP contribution < -0.4 is 15.8 Å². The van der Waals surface area contributed by atoms with Gasteiger partial charge in [0.15, 0.2) is 0 Å². The Hall–Kier alpha value is -3.02. The first-order chi connectivity index (χ1) is 13.0. The number of ether oxygens (including phenoxy) is 1. The quantitative estimate of drug-likeness (QED) is 0.814. The van der Waals surface area contributed by atoms with Crippen molar-refractivity contribution in [3.05, 3.63) is 53.6 Å². The maximum Gasteiger partial charge on any atom is 0.253 e. The maximum absolute atomic E-state index is 12.7. The number of carbonyl (C=O) groups excluding carboxylic acids is 2. The Morgan fingerprint density at radius 3 is 2.63 bits per heavy atom. The molecule has 2 amide bonds. The van der Waals surface area contributed by atoms with Crippen LogP contribution in [0.3, 0.4) is 0 Å². The highest BCUT2D eigenvalue weighted by atomic mass is 16.5. The number of nitrogens with one attached hydrogen (secondary N) is 1. The summed E-state index contributed by atoms with van der Waals surface area (Å²) < 4.78 is 5.18. The lowest BCUT2D eigenvalue weighted by Gasteiger charge is -2.32. The molecule has 1 atom stereocenters. The number of carbonyl (C=O) groups is 2. The van der Waals surface area contributed by atoms with Gasteiger partial charge in [0.05, 0.1) is 24.4 Å². The van der Waals surface area contributed by atoms with Crippen LogP contribution in [0.25, 0.3) is 0 Å². The summed E-state index contributed by atoms with van der Waals surface area (Å²) in [6.07, 6.45) is 1.54. The summed E-state index contributed by atoms with van der Waals surface area (Å²) in [5.74, 6) is 0.197. The topological polar surface area (TPSA) is 84.7 Å². The molecule has 0 radical (unpaired) electrons. The van der Waals surface area contributed by atoms with E-state index in [1.54, 1.807) is 30.2 Å². The van der Waals surface area contributed by atoms with E-state index in [4.69, 9.17) is 10.5 Å². The number of benzene rings is 2. The van der Waals surface area contributed by atoms with Crippen LogP contribution in [0.15, 0.2) is 42.5 Å². The van der Waals surface area contributed by atoms with Gasteiger partial charge >= 0.3 is 0 Å². The summed E-state index contributed by atoms with van der Waals surface area (Å²) in [5, 5.41) is 2.88. The van der Waals surface area contributed by atoms with E-state index in [9.17, 15) is 9.59 Å². The van der Waals surface area contributed by atoms with Gasteiger partial charge in [0, 0.05) is 24.7 Å². The normalized spacial score (nSPS) is 16.7. The number of hydrogen-bond donors (Lipinski definition) is 2. The Labute approximate surface area is 159 Å². The lowest BCUT2D eigenvalue weighted by molar-refractivity contribution is -0.121. The number of rotatable bonds is 4. The number of nitrogens with zero attached hydrogens (tertiary/aromatic N) is 1. The number of aryl methyl sites for hydroxylation is 1. The molecule has 0 bridgehead atoms. The molecular weight excluding hydrogens is 342 g/mol. The van der Waals surface area contributed by atoms with Gasteiger partial charge in [-0.05, 0) is 44.0 Å². The number of likely N-dealkylation sites (tertiary alicyclic amines) is 1. The highest BCUT2D eigenvalue weighted by molar-refractivity contribution is 5.97. The van der Waals surface area contributed by atoms with Gasteiger partial charge in [0.1, 0.15) is 5.75 Å². The molecule has 3 N–H and O–H groups in total. The third kappa shape index (κ3) is 4.39. The molecule has 0 aromatic heterocycles. The molecule has 1 aliphatic heterocycles. The Balaban J connectivity index is 1.67. The van der Waals surface area contributed by atoms with Crippen molar-refractivity contribution < 1.29 is 14.3 Å². The number of hydrogen-bond acceptors (Lipinski definition) is 4. The summed E-state index contributed by atoms with van der Waals surface area (Å²) in [7, 11) is 1.56. The third-order valence-corrected chi connectivity index (χ3v) is 4.90. The molecule has 0 saturated carbocycles. The number of nitrogen functional groups attached to an aromatic ring is 1. The molecule has 2 aromatic rings. The Bertz CT molecular complexity index is 833. The number of amides is 2. The van der Waals surface area contributed by atoms with Crippen LogP contribution in [-0.2, 0) is 4.79 Å². The molecular formula is C21H25N3O3. The predicted molar refractivity (Wildman–Crippen MR) is 106 cm³/mol. The molecule has 6 heteroatoms. The maximum atomic E-state index is 12.7. The van der Waals surface area contributed by atoms with Gasteiger partial charge in [-0.15, -0.1) is 0 Å². The van der Waals surface area contributed by atoms with Crippen molar-refractivity contribution in [2.24, 2.45) is 5.92 Å². The molecule has 3 rings (SSSR count). The van der Waals surface area contributed by atoms with Gasteiger partial charge in [-0.2, -0.15) is 0 Å². The molecule has 1 heterocycles. The SMILES string of the molecule is COc1ccc(N)c(NC(=O)C2CCCN(C(=O)c3ccc(C)cc3)C2)c1. The molecule has 0 spiro atoms. The van der Waals surface area contributed by atoms with Crippen molar-refractivity contribution in [3.8, 4) is 5.75 Å². The van der Waals surface area contributed by atoms with E-state index in [2.05, 4.69) is 5.32 Å². The van der Waals surface area contributed by atoms with Crippen LogP contribution in [0.4, 0.5) is 11.4 Å². The second-order valence-corrected chi connectivity index (χ2v) is 6.90. The Morgan fingerprint density at radius 1 is 1.19 bits per heavy atom. The van der Waals surface area contributed by atoms with E-state index in [-0.39, 0.29) is 17.7 Å². The van der Waals surface area contributed by atoms with E-state index < -0.39 is 0 Å². The smallest absolute Gasteiger partial charge is 0.253 e. The van der Waals surface area contributed by atoms with Crippen molar-refractivity contribution >= 4 is 23.2 Å². The second kappa shape index (κ2) is 8.12. The second-order valence-electron chi connectivity index (χ2n) is 6.90. The van der Waals surface area contributed by atoms with E-state index in [0.29, 0.717) is 35.8 Å². The minimum absolute atomic E-state index is 0.0339. The summed E-state index contributed by atoms with van der Waals surface area (Å²) in [6, 6.07) is 12.7. The monoisotopic (exact) mass is 367 g/mol. The Morgan fingerprint density at radius 2 is 1.93 bits per heavy atom. The number of anilines is 2. The van der Waals surface area contributed by atoms with E-state index in [1.807, 2.05) is 31.2 Å². The van der Waals surface area contributed by atoms with Crippen LogP contribution in [-0.4, -0.2) is 36.9 Å². The van der Waals surface area contributed by atoms with Gasteiger partial charge in [-0.1, -0.05) is 17.7 Å². The summed E-state index contributed by atoms with van der Waals surface area (Å²) >= 11 is 0. The number of nitrogens with two attached hydrogens (primary N) is 1. The Kier molecular flexibility index (Phi) is 5.64. The fraction of sp³-hybridized carbons (Fsp3) is 0.333. The first-order valence-electron chi connectivity index (χ1n) is 9.08. The molecule has 27 heavy (non-hydrogen) atoms. The zero-order valence-corrected chi connectivity index (χ0v) is 15.7. The molecule has 0 aliphatic carbocycles. The van der Waals surface area contributed by atoms with Crippen LogP contribution in [0.2, 0.25) is 0 Å². The number of piperidine rings is 1. The van der Waals surface area contributed by atoms with Crippen LogP contribution in [0.5, 0.6) is 5.75 Å². The van der Waals surface area contributed by atoms with Gasteiger partial charge in [0.2, 0.25) is 5.91 Å². The minimum atomic E-state index is -0.265. The fourth-order valence-corrected chi connectivity index (χ4v) is 3.26. The van der Waals surface area contributed by atoms with Gasteiger partial charge in [-0.25, -0.2) is 0 Å². The van der Waals surface area contributed by atoms with Crippen LogP contribution >= 0.6 is 0 Å². The minimum Gasteiger partial charge on any atom is -0.497 e. The highest BCUT2D eigenvalue weighted by Crippen LogP contribution is 2.26. The first kappa shape index (κ1) is 18.8. The summed E-state index contributed by atoms with van der Waals surface area (Å²) in [6.45, 7) is 3.06. The van der Waals surface area contributed by atoms with Crippen LogP contribution in [0, 0.1) is 12.8 Å². The summed E-state index contributed by atoms with van der Waals surface area (Å²) in [4.78, 5) is 27.2. The number of methoxy groups -OCH3 is 1. The van der Waals surface area contributed by atoms with Crippen LogP contribution in [0.1, 0.15) is 28.8 Å². The fourth-order valence-electron chi connectivity index (χ4n) is 3.26. The van der Waals surface area contributed by atoms with E-state index in [1.165, 1.54) is 0 Å². The standard InChI is InChI=1S/C21H25N3O3/c1-14-5-7-15(8-6-14)21(26)24-11-3-4-16(13-24)20(25)23-19-12-17(27-2)9-10-18(19)22/h5-10,12,16H,3-4,11,13,22H2,1-2H3,(H,23,25). The zero-order valence-electron chi connectivity index (χ0n) is 15.7. The molecule has 1 unspecified atom stereocenters. The average molecular weight is 367 g/mol. The van der Waals surface area contributed by atoms with Crippen molar-refractivity contribution in [1.82, 2.24) is 4.90 Å². The molecule has 6 nitrogen and oxygen atoms in total. The predicted octanol–water partition coefficient (Wildman–Crippen LogP) is 3.08. The van der Waals surface area contributed by atoms with Crippen molar-refractivity contribution in [2.45, 2.75) is 19.8 Å². The largest absolute Gasteiger partial charge is 0.497 e. The lowest BCUT2D eigenvalue weighted by atomic mass is 9.96. The summed E-state index contributed by atoms with van der Waals surface area (Å²) in [5.41, 5.74) is 8.72. The molecule has 142 valence electrons. The lowest BCUT2D eigenvalue weighted by Crippen LogP contribution is -2.43. The molecule has 1 aliphatic rings. The van der Waals surface area contributed by atoms with Gasteiger partial charge in [-0.3, -0.25) is 9.59 Å². The first-order valence-corrected chi connectivity index (χ1v) is 9.08. The highest BCUT2D eigenvalue weighted by Gasteiger charge is 2.29. The van der Waals surface area contributed by atoms with Crippen molar-refractivity contribution in [1.29, 1.82) is 0 Å². The van der Waals surface area contributed by atoms with Crippen molar-refractivity contribution in [2.75, 3.05) is 31.2 Å². The van der Waals surface area contributed by atoms with Crippen molar-refractivity contribution in [3.63, 3.8) is 0 Å². The molecule has 2 aromatic carbocycles. The average Bonchev–Trinajstić information content (AvgIpc) is 2.69. The van der Waals surface area contributed by atoms with E-state index >= 15 is 0 Å². The van der Waals surface area contributed by atoms with Gasteiger partial charge < -0.3 is 20.7 Å².